The van der Waals surface area contributed by atoms with Crippen LogP contribution in [0.5, 0.6) is 0 Å². The fraction of sp³-hybridized carbons (Fsp3) is 0.538. The number of alkyl halides is 3. The van der Waals surface area contributed by atoms with E-state index in [9.17, 15) is 18.3 Å². The lowest BCUT2D eigenvalue weighted by molar-refractivity contribution is -0.193. The van der Waals surface area contributed by atoms with E-state index in [1.54, 1.807) is 12.1 Å². The summed E-state index contributed by atoms with van der Waals surface area (Å²) in [6.07, 6.45) is -4.31. The van der Waals surface area contributed by atoms with Gasteiger partial charge in [0.2, 0.25) is 0 Å². The smallest absolute Gasteiger partial charge is 0.385 e. The summed E-state index contributed by atoms with van der Waals surface area (Å²) in [7, 11) is 0. The van der Waals surface area contributed by atoms with Crippen LogP contribution in [0.1, 0.15) is 31.2 Å². The van der Waals surface area contributed by atoms with Crippen LogP contribution in [0, 0.1) is 5.92 Å². The average molecular weight is 313 g/mol. The third-order valence-corrected chi connectivity index (χ3v) is 4.27. The van der Waals surface area contributed by atoms with Crippen molar-refractivity contribution in [3.63, 3.8) is 0 Å². The van der Waals surface area contributed by atoms with E-state index in [0.717, 1.165) is 0 Å². The predicted molar refractivity (Wildman–Crippen MR) is 68.4 cm³/mol. The van der Waals surface area contributed by atoms with E-state index < -0.39 is 17.7 Å². The second-order valence-corrected chi connectivity index (χ2v) is 5.82. The zero-order chi connectivity index (χ0) is 14.3. The van der Waals surface area contributed by atoms with Crippen LogP contribution in [-0.2, 0) is 5.60 Å². The van der Waals surface area contributed by atoms with Gasteiger partial charge >= 0.3 is 6.18 Å². The Morgan fingerprint density at radius 3 is 2.26 bits per heavy atom. The van der Waals surface area contributed by atoms with Crippen molar-refractivity contribution in [2.45, 2.75) is 37.5 Å². The van der Waals surface area contributed by atoms with Gasteiger partial charge in [0.25, 0.3) is 0 Å². The Kier molecular flexibility index (Phi) is 4.05. The van der Waals surface area contributed by atoms with Gasteiger partial charge in [-0.2, -0.15) is 13.2 Å². The standard InChI is InChI=1S/C13H13Cl2F3O/c14-9-1-2-11(15)10(7-9)12(19)5-3-8(4-6-12)13(16,17)18/h1-2,7-8,19H,3-6H2. The molecule has 0 heterocycles. The van der Waals surface area contributed by atoms with Crippen LogP contribution < -0.4 is 0 Å². The molecule has 0 bridgehead atoms. The van der Waals surface area contributed by atoms with Crippen LogP contribution in [-0.4, -0.2) is 11.3 Å². The van der Waals surface area contributed by atoms with Gasteiger partial charge in [-0.1, -0.05) is 23.2 Å². The maximum Gasteiger partial charge on any atom is 0.391 e. The van der Waals surface area contributed by atoms with Crippen LogP contribution in [0.3, 0.4) is 0 Å². The summed E-state index contributed by atoms with van der Waals surface area (Å²) in [6.45, 7) is 0. The predicted octanol–water partition coefficient (Wildman–Crippen LogP) is 4.93. The summed E-state index contributed by atoms with van der Waals surface area (Å²) >= 11 is 11.9. The molecule has 0 aliphatic heterocycles. The molecule has 0 radical (unpaired) electrons. The molecule has 1 fully saturated rings. The molecule has 1 aromatic rings. The lowest BCUT2D eigenvalue weighted by Crippen LogP contribution is -2.36. The Balaban J connectivity index is 2.20. The molecule has 1 saturated carbocycles. The van der Waals surface area contributed by atoms with Crippen LogP contribution in [0.4, 0.5) is 13.2 Å². The third-order valence-electron chi connectivity index (χ3n) is 3.71. The summed E-state index contributed by atoms with van der Waals surface area (Å²) in [4.78, 5) is 0. The maximum atomic E-state index is 12.6. The van der Waals surface area contributed by atoms with E-state index in [2.05, 4.69) is 0 Å². The molecule has 1 aromatic carbocycles. The molecule has 0 aromatic heterocycles. The number of aliphatic hydroxyl groups is 1. The Labute approximate surface area is 119 Å². The van der Waals surface area contributed by atoms with Crippen LogP contribution >= 0.6 is 23.2 Å². The minimum atomic E-state index is -4.19. The molecule has 1 nitrogen and oxygen atoms in total. The number of rotatable bonds is 1. The topological polar surface area (TPSA) is 20.2 Å². The molecule has 2 rings (SSSR count). The van der Waals surface area contributed by atoms with Crippen molar-refractivity contribution in [3.05, 3.63) is 33.8 Å². The largest absolute Gasteiger partial charge is 0.391 e. The van der Waals surface area contributed by atoms with Crippen molar-refractivity contribution < 1.29 is 18.3 Å². The SMILES string of the molecule is OC1(c2cc(Cl)ccc2Cl)CCC(C(F)(F)F)CC1. The average Bonchev–Trinajstić information content (AvgIpc) is 2.31. The van der Waals surface area contributed by atoms with E-state index in [4.69, 9.17) is 23.2 Å². The molecule has 1 aliphatic carbocycles. The van der Waals surface area contributed by atoms with Crippen LogP contribution in [0.2, 0.25) is 10.0 Å². The summed E-state index contributed by atoms with van der Waals surface area (Å²) in [6, 6.07) is 4.66. The van der Waals surface area contributed by atoms with E-state index in [1.165, 1.54) is 6.07 Å². The minimum Gasteiger partial charge on any atom is -0.385 e. The molecular weight excluding hydrogens is 300 g/mol. The zero-order valence-corrected chi connectivity index (χ0v) is 11.5. The van der Waals surface area contributed by atoms with Gasteiger partial charge in [0.1, 0.15) is 0 Å². The number of halogens is 5. The first-order valence-corrected chi connectivity index (χ1v) is 6.72. The molecule has 0 unspecified atom stereocenters. The summed E-state index contributed by atoms with van der Waals surface area (Å²) in [5, 5.41) is 11.3. The van der Waals surface area contributed by atoms with Gasteiger partial charge in [0.05, 0.1) is 11.5 Å². The van der Waals surface area contributed by atoms with E-state index in [1.807, 2.05) is 0 Å². The zero-order valence-electron chi connectivity index (χ0n) is 9.97. The monoisotopic (exact) mass is 312 g/mol. The van der Waals surface area contributed by atoms with Crippen molar-refractivity contribution in [1.82, 2.24) is 0 Å². The third kappa shape index (κ3) is 3.18. The van der Waals surface area contributed by atoms with Gasteiger partial charge in [0, 0.05) is 15.6 Å². The maximum absolute atomic E-state index is 12.6. The lowest BCUT2D eigenvalue weighted by atomic mass is 9.75. The molecular formula is C13H13Cl2F3O. The highest BCUT2D eigenvalue weighted by molar-refractivity contribution is 6.33. The Morgan fingerprint density at radius 2 is 1.74 bits per heavy atom. The van der Waals surface area contributed by atoms with E-state index >= 15 is 0 Å². The molecule has 0 atom stereocenters. The fourth-order valence-electron chi connectivity index (χ4n) is 2.55. The first kappa shape index (κ1) is 14.9. The number of hydrogen-bond donors (Lipinski definition) is 1. The van der Waals surface area contributed by atoms with Gasteiger partial charge in [0.15, 0.2) is 0 Å². The van der Waals surface area contributed by atoms with Gasteiger partial charge in [-0.25, -0.2) is 0 Å². The van der Waals surface area contributed by atoms with Crippen LogP contribution in [0.15, 0.2) is 18.2 Å². The quantitative estimate of drug-likeness (QED) is 0.779. The van der Waals surface area contributed by atoms with E-state index in [-0.39, 0.29) is 25.7 Å². The lowest BCUT2D eigenvalue weighted by Gasteiger charge is -2.37. The Hall–Kier alpha value is -0.450. The summed E-state index contributed by atoms with van der Waals surface area (Å²) < 4.78 is 37.8. The molecule has 0 amide bonds. The van der Waals surface area contributed by atoms with Crippen molar-refractivity contribution >= 4 is 23.2 Å². The van der Waals surface area contributed by atoms with E-state index in [0.29, 0.717) is 15.6 Å². The highest BCUT2D eigenvalue weighted by Gasteiger charge is 2.46. The first-order valence-electron chi connectivity index (χ1n) is 5.97. The molecule has 106 valence electrons. The Morgan fingerprint density at radius 1 is 1.16 bits per heavy atom. The molecule has 1 aliphatic rings. The van der Waals surface area contributed by atoms with Gasteiger partial charge in [-0.05, 0) is 43.9 Å². The minimum absolute atomic E-state index is 0.0389. The van der Waals surface area contributed by atoms with Crippen molar-refractivity contribution in [3.8, 4) is 0 Å². The first-order chi connectivity index (χ1) is 8.72. The highest BCUT2D eigenvalue weighted by Crippen LogP contribution is 2.46. The second-order valence-electron chi connectivity index (χ2n) is 4.97. The summed E-state index contributed by atoms with van der Waals surface area (Å²) in [5.74, 6) is -1.34. The van der Waals surface area contributed by atoms with Gasteiger partial charge in [-0.15, -0.1) is 0 Å². The molecule has 1 N–H and O–H groups in total. The van der Waals surface area contributed by atoms with Crippen LogP contribution in [0.25, 0.3) is 0 Å². The number of benzene rings is 1. The summed E-state index contributed by atoms with van der Waals surface area (Å²) in [5.41, 5.74) is -0.897. The molecule has 6 heteroatoms. The van der Waals surface area contributed by atoms with Crippen molar-refractivity contribution in [2.24, 2.45) is 5.92 Å². The highest BCUT2D eigenvalue weighted by atomic mass is 35.5. The molecule has 19 heavy (non-hydrogen) atoms. The molecule has 0 saturated heterocycles. The van der Waals surface area contributed by atoms with Gasteiger partial charge in [-0.3, -0.25) is 0 Å². The number of hydrogen-bond acceptors (Lipinski definition) is 1. The second kappa shape index (κ2) is 5.15. The van der Waals surface area contributed by atoms with Crippen molar-refractivity contribution in [1.29, 1.82) is 0 Å². The normalized spacial score (nSPS) is 28.4. The fourth-order valence-corrected chi connectivity index (χ4v) is 3.01. The van der Waals surface area contributed by atoms with Crippen molar-refractivity contribution in [2.75, 3.05) is 0 Å². The Bertz CT molecular complexity index is 465. The van der Waals surface area contributed by atoms with Gasteiger partial charge < -0.3 is 5.11 Å². The molecule has 0 spiro atoms.